The minimum absolute atomic E-state index is 0. The SMILES string of the molecule is Clc1ccc(-c2noc(C3CCNCC3)n2)cc1.[Cl-]. The van der Waals surface area contributed by atoms with Crippen LogP contribution in [0.4, 0.5) is 0 Å². The van der Waals surface area contributed by atoms with Crippen LogP contribution in [0.1, 0.15) is 24.7 Å². The number of aromatic nitrogens is 2. The third-order valence-electron chi connectivity index (χ3n) is 3.23. The smallest absolute Gasteiger partial charge is 0.230 e. The first-order valence-electron chi connectivity index (χ1n) is 6.13. The third kappa shape index (κ3) is 3.26. The van der Waals surface area contributed by atoms with Crippen LogP contribution in [0.5, 0.6) is 0 Å². The number of piperidine rings is 1. The molecule has 1 N–H and O–H groups in total. The second-order valence-corrected chi connectivity index (χ2v) is 4.92. The lowest BCUT2D eigenvalue weighted by Gasteiger charge is -2.18. The third-order valence-corrected chi connectivity index (χ3v) is 3.48. The summed E-state index contributed by atoms with van der Waals surface area (Å²) < 4.78 is 5.37. The van der Waals surface area contributed by atoms with Crippen LogP contribution in [0, 0.1) is 0 Å². The van der Waals surface area contributed by atoms with Gasteiger partial charge in [0.25, 0.3) is 0 Å². The number of hydrogen-bond donors (Lipinski definition) is 1. The van der Waals surface area contributed by atoms with Gasteiger partial charge in [-0.25, -0.2) is 0 Å². The summed E-state index contributed by atoms with van der Waals surface area (Å²) in [7, 11) is 0. The van der Waals surface area contributed by atoms with Gasteiger partial charge < -0.3 is 22.2 Å². The first kappa shape index (κ1) is 14.3. The molecule has 3 rings (SSSR count). The van der Waals surface area contributed by atoms with Gasteiger partial charge >= 0.3 is 0 Å². The fourth-order valence-electron chi connectivity index (χ4n) is 2.19. The molecule has 19 heavy (non-hydrogen) atoms. The predicted octanol–water partition coefficient (Wildman–Crippen LogP) is -0.139. The van der Waals surface area contributed by atoms with E-state index in [1.807, 2.05) is 24.3 Å². The summed E-state index contributed by atoms with van der Waals surface area (Å²) in [5, 5.41) is 8.08. The van der Waals surface area contributed by atoms with Crippen molar-refractivity contribution in [2.45, 2.75) is 18.8 Å². The molecule has 1 aromatic heterocycles. The lowest BCUT2D eigenvalue weighted by atomic mass is 9.98. The minimum atomic E-state index is 0. The Labute approximate surface area is 122 Å². The first-order chi connectivity index (χ1) is 8.83. The van der Waals surface area contributed by atoms with Gasteiger partial charge in [0.2, 0.25) is 11.7 Å². The molecule has 102 valence electrons. The van der Waals surface area contributed by atoms with Crippen LogP contribution in [-0.2, 0) is 0 Å². The molecular formula is C13H14Cl2N3O-. The van der Waals surface area contributed by atoms with Gasteiger partial charge in [0.1, 0.15) is 0 Å². The summed E-state index contributed by atoms with van der Waals surface area (Å²) in [5.41, 5.74) is 0.934. The van der Waals surface area contributed by atoms with Crippen molar-refractivity contribution in [1.82, 2.24) is 15.5 Å². The van der Waals surface area contributed by atoms with Gasteiger partial charge in [-0.15, -0.1) is 0 Å². The molecule has 0 bridgehead atoms. The Hall–Kier alpha value is -1.10. The molecule has 0 atom stereocenters. The topological polar surface area (TPSA) is 51.0 Å². The summed E-state index contributed by atoms with van der Waals surface area (Å²) in [6, 6.07) is 7.47. The summed E-state index contributed by atoms with van der Waals surface area (Å²) in [6.07, 6.45) is 2.12. The van der Waals surface area contributed by atoms with Gasteiger partial charge in [-0.05, 0) is 50.2 Å². The van der Waals surface area contributed by atoms with E-state index in [0.29, 0.717) is 16.8 Å². The molecule has 1 aromatic carbocycles. The molecule has 0 aliphatic carbocycles. The number of nitrogens with one attached hydrogen (secondary N) is 1. The zero-order chi connectivity index (χ0) is 12.4. The predicted molar refractivity (Wildman–Crippen MR) is 69.6 cm³/mol. The second-order valence-electron chi connectivity index (χ2n) is 4.49. The molecule has 1 aliphatic heterocycles. The quantitative estimate of drug-likeness (QED) is 0.839. The highest BCUT2D eigenvalue weighted by Crippen LogP contribution is 2.26. The van der Waals surface area contributed by atoms with E-state index in [9.17, 15) is 0 Å². The average molecular weight is 299 g/mol. The number of nitrogens with zero attached hydrogens (tertiary/aromatic N) is 2. The fraction of sp³-hybridized carbons (Fsp3) is 0.385. The van der Waals surface area contributed by atoms with E-state index in [2.05, 4.69) is 15.5 Å². The normalized spacial score (nSPS) is 16.1. The Morgan fingerprint density at radius 1 is 1.16 bits per heavy atom. The van der Waals surface area contributed by atoms with Crippen molar-refractivity contribution in [1.29, 1.82) is 0 Å². The summed E-state index contributed by atoms with van der Waals surface area (Å²) in [6.45, 7) is 2.03. The molecule has 0 spiro atoms. The Bertz CT molecular complexity index is 521. The average Bonchev–Trinajstić information content (AvgIpc) is 2.90. The number of hydrogen-bond acceptors (Lipinski definition) is 4. The van der Waals surface area contributed by atoms with E-state index in [-0.39, 0.29) is 12.4 Å². The maximum absolute atomic E-state index is 5.85. The van der Waals surface area contributed by atoms with Gasteiger partial charge in [0, 0.05) is 16.5 Å². The Kier molecular flexibility index (Phi) is 4.80. The first-order valence-corrected chi connectivity index (χ1v) is 6.51. The van der Waals surface area contributed by atoms with Crippen LogP contribution in [0.25, 0.3) is 11.4 Å². The van der Waals surface area contributed by atoms with E-state index < -0.39 is 0 Å². The van der Waals surface area contributed by atoms with Crippen LogP contribution in [0.3, 0.4) is 0 Å². The van der Waals surface area contributed by atoms with Crippen LogP contribution in [0.15, 0.2) is 28.8 Å². The molecule has 1 fully saturated rings. The van der Waals surface area contributed by atoms with Gasteiger partial charge in [0.15, 0.2) is 0 Å². The van der Waals surface area contributed by atoms with Gasteiger partial charge in [0.05, 0.1) is 0 Å². The molecule has 0 saturated carbocycles. The van der Waals surface area contributed by atoms with Crippen LogP contribution in [-0.4, -0.2) is 23.2 Å². The summed E-state index contributed by atoms with van der Waals surface area (Å²) in [4.78, 5) is 4.49. The maximum atomic E-state index is 5.85. The van der Waals surface area contributed by atoms with Crippen molar-refractivity contribution in [3.8, 4) is 11.4 Å². The van der Waals surface area contributed by atoms with Crippen molar-refractivity contribution in [3.63, 3.8) is 0 Å². The van der Waals surface area contributed by atoms with Crippen molar-refractivity contribution in [3.05, 3.63) is 35.2 Å². The molecule has 1 saturated heterocycles. The molecular weight excluding hydrogens is 285 g/mol. The zero-order valence-corrected chi connectivity index (χ0v) is 11.8. The van der Waals surface area contributed by atoms with E-state index >= 15 is 0 Å². The minimum Gasteiger partial charge on any atom is -1.00 e. The zero-order valence-electron chi connectivity index (χ0n) is 10.3. The summed E-state index contributed by atoms with van der Waals surface area (Å²) >= 11 is 5.85. The second kappa shape index (κ2) is 6.37. The van der Waals surface area contributed by atoms with Gasteiger partial charge in [-0.2, -0.15) is 4.98 Å². The van der Waals surface area contributed by atoms with Crippen LogP contribution >= 0.6 is 11.6 Å². The Morgan fingerprint density at radius 2 is 1.84 bits per heavy atom. The van der Waals surface area contributed by atoms with Crippen LogP contribution in [0.2, 0.25) is 5.02 Å². The summed E-state index contributed by atoms with van der Waals surface area (Å²) in [5.74, 6) is 1.78. The van der Waals surface area contributed by atoms with Crippen molar-refractivity contribution in [2.24, 2.45) is 0 Å². The van der Waals surface area contributed by atoms with E-state index in [4.69, 9.17) is 16.1 Å². The lowest BCUT2D eigenvalue weighted by molar-refractivity contribution is -0.00000410. The highest BCUT2D eigenvalue weighted by atomic mass is 35.5. The molecule has 2 heterocycles. The molecule has 0 unspecified atom stereocenters. The largest absolute Gasteiger partial charge is 1.00 e. The highest BCUT2D eigenvalue weighted by Gasteiger charge is 2.21. The van der Waals surface area contributed by atoms with E-state index in [0.717, 1.165) is 37.4 Å². The molecule has 0 radical (unpaired) electrons. The Balaban J connectivity index is 0.00000133. The number of benzene rings is 1. The molecule has 0 amide bonds. The van der Waals surface area contributed by atoms with Gasteiger partial charge in [-0.3, -0.25) is 0 Å². The maximum Gasteiger partial charge on any atom is 0.230 e. The van der Waals surface area contributed by atoms with Crippen LogP contribution < -0.4 is 17.7 Å². The number of halogens is 2. The molecule has 1 aliphatic rings. The van der Waals surface area contributed by atoms with Crippen molar-refractivity contribution >= 4 is 11.6 Å². The standard InChI is InChI=1S/C13H14ClN3O.ClH/c14-11-3-1-9(2-4-11)12-16-13(18-17-12)10-5-7-15-8-6-10;/h1-4,10,15H,5-8H2;1H/p-1. The van der Waals surface area contributed by atoms with Gasteiger partial charge in [-0.1, -0.05) is 16.8 Å². The Morgan fingerprint density at radius 3 is 2.53 bits per heavy atom. The lowest BCUT2D eigenvalue weighted by Crippen LogP contribution is -3.00. The number of rotatable bonds is 2. The van der Waals surface area contributed by atoms with Crippen molar-refractivity contribution in [2.75, 3.05) is 13.1 Å². The highest BCUT2D eigenvalue weighted by molar-refractivity contribution is 6.30. The van der Waals surface area contributed by atoms with E-state index in [1.54, 1.807) is 0 Å². The molecule has 6 heteroatoms. The molecule has 2 aromatic rings. The van der Waals surface area contributed by atoms with E-state index in [1.165, 1.54) is 0 Å². The fourth-order valence-corrected chi connectivity index (χ4v) is 2.31. The monoisotopic (exact) mass is 298 g/mol. The molecule has 4 nitrogen and oxygen atoms in total. The van der Waals surface area contributed by atoms with Crippen molar-refractivity contribution < 1.29 is 16.9 Å².